The summed E-state index contributed by atoms with van der Waals surface area (Å²) in [5.41, 5.74) is -0.0354. The van der Waals surface area contributed by atoms with Gasteiger partial charge in [-0.3, -0.25) is 4.72 Å². The summed E-state index contributed by atoms with van der Waals surface area (Å²) >= 11 is 5.75. The number of phenols is 1. The van der Waals surface area contributed by atoms with Crippen LogP contribution >= 0.6 is 11.6 Å². The molecule has 0 bridgehead atoms. The minimum Gasteiger partial charge on any atom is -0.506 e. The summed E-state index contributed by atoms with van der Waals surface area (Å²) in [5, 5.41) is 18.8. The summed E-state index contributed by atoms with van der Waals surface area (Å²) in [4.78, 5) is -0.165. The smallest absolute Gasteiger partial charge is 0.263 e. The number of nitrogens with one attached hydrogen (secondary N) is 1. The highest BCUT2D eigenvalue weighted by molar-refractivity contribution is 7.92. The van der Waals surface area contributed by atoms with E-state index in [1.807, 2.05) is 0 Å². The maximum Gasteiger partial charge on any atom is 0.263 e. The van der Waals surface area contributed by atoms with Crippen LogP contribution in [-0.4, -0.2) is 13.5 Å². The molecule has 0 saturated heterocycles. The quantitative estimate of drug-likeness (QED) is 0.853. The molecule has 2 rings (SSSR count). The van der Waals surface area contributed by atoms with Crippen LogP contribution in [0.2, 0.25) is 5.02 Å². The van der Waals surface area contributed by atoms with Gasteiger partial charge in [-0.1, -0.05) is 23.7 Å². The highest BCUT2D eigenvalue weighted by Gasteiger charge is 2.19. The van der Waals surface area contributed by atoms with Crippen molar-refractivity contribution in [1.29, 1.82) is 5.26 Å². The van der Waals surface area contributed by atoms with Crippen molar-refractivity contribution in [2.24, 2.45) is 0 Å². The molecule has 0 atom stereocenters. The molecule has 0 aliphatic heterocycles. The number of sulfonamides is 1. The Kier molecular flexibility index (Phi) is 3.84. The first-order chi connectivity index (χ1) is 9.44. The van der Waals surface area contributed by atoms with E-state index in [0.717, 1.165) is 0 Å². The summed E-state index contributed by atoms with van der Waals surface area (Å²) < 4.78 is 26.7. The molecule has 0 radical (unpaired) electrons. The molecule has 0 aromatic heterocycles. The second kappa shape index (κ2) is 5.41. The first kappa shape index (κ1) is 14.2. The average molecular weight is 309 g/mol. The average Bonchev–Trinajstić information content (AvgIpc) is 2.42. The Morgan fingerprint density at radius 1 is 1.20 bits per heavy atom. The van der Waals surface area contributed by atoms with Crippen LogP contribution in [0.15, 0.2) is 47.4 Å². The van der Waals surface area contributed by atoms with Crippen molar-refractivity contribution in [3.63, 3.8) is 0 Å². The zero-order valence-electron chi connectivity index (χ0n) is 10.0. The van der Waals surface area contributed by atoms with Gasteiger partial charge in [-0.05, 0) is 30.3 Å². The van der Waals surface area contributed by atoms with Crippen molar-refractivity contribution in [3.05, 3.63) is 53.1 Å². The maximum absolute atomic E-state index is 12.2. The van der Waals surface area contributed by atoms with Crippen LogP contribution in [0.25, 0.3) is 0 Å². The fourth-order valence-corrected chi connectivity index (χ4v) is 2.98. The molecule has 0 fully saturated rings. The largest absolute Gasteiger partial charge is 0.506 e. The monoisotopic (exact) mass is 308 g/mol. The number of anilines is 1. The zero-order valence-corrected chi connectivity index (χ0v) is 11.6. The number of phenolic OH excluding ortho intramolecular Hbond substituents is 1. The van der Waals surface area contributed by atoms with Crippen molar-refractivity contribution >= 4 is 27.3 Å². The molecule has 2 N–H and O–H groups in total. The lowest BCUT2D eigenvalue weighted by Gasteiger charge is -2.10. The van der Waals surface area contributed by atoms with Crippen molar-refractivity contribution in [2.75, 3.05) is 4.72 Å². The SMILES string of the molecule is N#Cc1ccccc1S(=O)(=O)Nc1cc(Cl)ccc1O. The molecule has 20 heavy (non-hydrogen) atoms. The van der Waals surface area contributed by atoms with Crippen LogP contribution in [0.3, 0.4) is 0 Å². The summed E-state index contributed by atoms with van der Waals surface area (Å²) in [5.74, 6) is -0.257. The minimum absolute atomic E-state index is 0.0153. The van der Waals surface area contributed by atoms with E-state index >= 15 is 0 Å². The molecule has 0 unspecified atom stereocenters. The van der Waals surface area contributed by atoms with E-state index in [2.05, 4.69) is 4.72 Å². The molecule has 7 heteroatoms. The van der Waals surface area contributed by atoms with Crippen molar-refractivity contribution in [3.8, 4) is 11.8 Å². The van der Waals surface area contributed by atoms with Crippen LogP contribution in [0.4, 0.5) is 5.69 Å². The lowest BCUT2D eigenvalue weighted by Crippen LogP contribution is -2.14. The summed E-state index contributed by atoms with van der Waals surface area (Å²) in [6.07, 6.45) is 0. The Hall–Kier alpha value is -2.23. The fourth-order valence-electron chi connectivity index (χ4n) is 1.58. The summed E-state index contributed by atoms with van der Waals surface area (Å²) in [6.45, 7) is 0. The van der Waals surface area contributed by atoms with E-state index in [1.165, 1.54) is 36.4 Å². The van der Waals surface area contributed by atoms with Crippen molar-refractivity contribution in [1.82, 2.24) is 0 Å². The Morgan fingerprint density at radius 3 is 2.60 bits per heavy atom. The summed E-state index contributed by atoms with van der Waals surface area (Å²) in [7, 11) is -3.99. The number of halogens is 1. The number of rotatable bonds is 3. The van der Waals surface area contributed by atoms with Gasteiger partial charge in [0.15, 0.2) is 0 Å². The van der Waals surface area contributed by atoms with Gasteiger partial charge in [-0.15, -0.1) is 0 Å². The van der Waals surface area contributed by atoms with Crippen LogP contribution in [0.5, 0.6) is 5.75 Å². The van der Waals surface area contributed by atoms with E-state index in [0.29, 0.717) is 0 Å². The molecule has 0 aliphatic carbocycles. The van der Waals surface area contributed by atoms with Gasteiger partial charge in [0.2, 0.25) is 0 Å². The van der Waals surface area contributed by atoms with E-state index in [4.69, 9.17) is 16.9 Å². The Balaban J connectivity index is 2.47. The van der Waals surface area contributed by atoms with E-state index in [1.54, 1.807) is 12.1 Å². The van der Waals surface area contributed by atoms with E-state index < -0.39 is 10.0 Å². The van der Waals surface area contributed by atoms with Gasteiger partial charge < -0.3 is 5.11 Å². The van der Waals surface area contributed by atoms with Crippen LogP contribution in [-0.2, 0) is 10.0 Å². The zero-order chi connectivity index (χ0) is 14.8. The van der Waals surface area contributed by atoms with Gasteiger partial charge in [-0.2, -0.15) is 5.26 Å². The Labute approximate surface area is 121 Å². The Morgan fingerprint density at radius 2 is 1.90 bits per heavy atom. The minimum atomic E-state index is -3.99. The summed E-state index contributed by atoms with van der Waals surface area (Å²) in [6, 6.07) is 11.6. The Bertz CT molecular complexity index is 798. The molecule has 0 spiro atoms. The number of aromatic hydroxyl groups is 1. The van der Waals surface area contributed by atoms with E-state index in [-0.39, 0.29) is 26.9 Å². The lowest BCUT2D eigenvalue weighted by atomic mass is 10.2. The van der Waals surface area contributed by atoms with Crippen molar-refractivity contribution in [2.45, 2.75) is 4.90 Å². The topological polar surface area (TPSA) is 90.2 Å². The molecular weight excluding hydrogens is 300 g/mol. The third-order valence-corrected chi connectivity index (χ3v) is 4.16. The number of benzene rings is 2. The van der Waals surface area contributed by atoms with Crippen LogP contribution in [0, 0.1) is 11.3 Å². The van der Waals surface area contributed by atoms with Crippen LogP contribution < -0.4 is 4.72 Å². The van der Waals surface area contributed by atoms with Gasteiger partial charge in [-0.25, -0.2) is 8.42 Å². The number of nitriles is 1. The van der Waals surface area contributed by atoms with Gasteiger partial charge in [0.25, 0.3) is 10.0 Å². The molecule has 0 aliphatic rings. The first-order valence-corrected chi connectivity index (χ1v) is 7.30. The third-order valence-electron chi connectivity index (χ3n) is 2.50. The number of nitrogens with zero attached hydrogens (tertiary/aromatic N) is 1. The van der Waals surface area contributed by atoms with E-state index in [9.17, 15) is 13.5 Å². The second-order valence-electron chi connectivity index (χ2n) is 3.87. The molecule has 102 valence electrons. The van der Waals surface area contributed by atoms with Gasteiger partial charge >= 0.3 is 0 Å². The third kappa shape index (κ3) is 2.85. The molecule has 5 nitrogen and oxygen atoms in total. The van der Waals surface area contributed by atoms with Gasteiger partial charge in [0.05, 0.1) is 11.3 Å². The fraction of sp³-hybridized carbons (Fsp3) is 0. The standard InChI is InChI=1S/C13H9ClN2O3S/c14-10-5-6-12(17)11(7-10)16-20(18,19)13-4-2-1-3-9(13)8-15/h1-7,16-17H. The molecule has 0 saturated carbocycles. The predicted molar refractivity (Wildman–Crippen MR) is 75.1 cm³/mol. The number of hydrogen-bond donors (Lipinski definition) is 2. The van der Waals surface area contributed by atoms with Gasteiger partial charge in [0, 0.05) is 5.02 Å². The second-order valence-corrected chi connectivity index (χ2v) is 5.96. The highest BCUT2D eigenvalue weighted by Crippen LogP contribution is 2.29. The normalized spacial score (nSPS) is 10.8. The highest BCUT2D eigenvalue weighted by atomic mass is 35.5. The molecule has 0 amide bonds. The van der Waals surface area contributed by atoms with Crippen molar-refractivity contribution < 1.29 is 13.5 Å². The molecule has 2 aromatic rings. The lowest BCUT2D eigenvalue weighted by molar-refractivity contribution is 0.477. The predicted octanol–water partition coefficient (Wildman–Crippen LogP) is 2.72. The molecular formula is C13H9ClN2O3S. The van der Waals surface area contributed by atoms with Crippen LogP contribution in [0.1, 0.15) is 5.56 Å². The first-order valence-electron chi connectivity index (χ1n) is 5.44. The number of hydrogen-bond acceptors (Lipinski definition) is 4. The molecule has 0 heterocycles. The van der Waals surface area contributed by atoms with Gasteiger partial charge in [0.1, 0.15) is 16.7 Å². The molecule has 2 aromatic carbocycles. The maximum atomic E-state index is 12.2.